The van der Waals surface area contributed by atoms with Crippen molar-refractivity contribution in [3.05, 3.63) is 41.7 Å². The van der Waals surface area contributed by atoms with Gasteiger partial charge in [-0.1, -0.05) is 11.6 Å². The SMILES string of the molecule is Cc1ccc(C#N)c(-c2cnn(C3CN(C(=O)OC(C)(C)C)C3)c2)c1. The van der Waals surface area contributed by atoms with Crippen LogP contribution in [0.4, 0.5) is 4.79 Å². The first kappa shape index (κ1) is 17.0. The van der Waals surface area contributed by atoms with Gasteiger partial charge in [0.05, 0.1) is 23.9 Å². The monoisotopic (exact) mass is 338 g/mol. The molecule has 1 aromatic carbocycles. The van der Waals surface area contributed by atoms with E-state index in [1.165, 1.54) is 0 Å². The van der Waals surface area contributed by atoms with Crippen LogP contribution in [0.1, 0.15) is 37.9 Å². The van der Waals surface area contributed by atoms with Gasteiger partial charge in [0.2, 0.25) is 0 Å². The summed E-state index contributed by atoms with van der Waals surface area (Å²) in [7, 11) is 0. The summed E-state index contributed by atoms with van der Waals surface area (Å²) in [5.74, 6) is 0. The van der Waals surface area contributed by atoms with Crippen LogP contribution in [0.2, 0.25) is 0 Å². The second-order valence-electron chi connectivity index (χ2n) is 7.41. The van der Waals surface area contributed by atoms with Crippen LogP contribution in [0, 0.1) is 18.3 Å². The first-order valence-corrected chi connectivity index (χ1v) is 8.30. The normalized spacial score (nSPS) is 14.8. The van der Waals surface area contributed by atoms with Gasteiger partial charge in [0.15, 0.2) is 0 Å². The fourth-order valence-corrected chi connectivity index (χ4v) is 2.77. The van der Waals surface area contributed by atoms with E-state index in [0.717, 1.165) is 16.7 Å². The van der Waals surface area contributed by atoms with Crippen LogP contribution in [0.5, 0.6) is 0 Å². The summed E-state index contributed by atoms with van der Waals surface area (Å²) in [6.07, 6.45) is 3.42. The van der Waals surface area contributed by atoms with Gasteiger partial charge in [-0.15, -0.1) is 0 Å². The first-order chi connectivity index (χ1) is 11.8. The van der Waals surface area contributed by atoms with Crippen LogP contribution in [0.15, 0.2) is 30.6 Å². The summed E-state index contributed by atoms with van der Waals surface area (Å²) in [5.41, 5.74) is 3.04. The van der Waals surface area contributed by atoms with Gasteiger partial charge in [-0.2, -0.15) is 10.4 Å². The molecule has 6 nitrogen and oxygen atoms in total. The third kappa shape index (κ3) is 3.66. The lowest BCUT2D eigenvalue weighted by Crippen LogP contribution is -2.52. The van der Waals surface area contributed by atoms with Crippen molar-refractivity contribution in [2.75, 3.05) is 13.1 Å². The molecule has 1 fully saturated rings. The Morgan fingerprint density at radius 2 is 2.08 bits per heavy atom. The molecule has 0 radical (unpaired) electrons. The number of hydrogen-bond acceptors (Lipinski definition) is 4. The van der Waals surface area contributed by atoms with Crippen molar-refractivity contribution in [3.8, 4) is 17.2 Å². The van der Waals surface area contributed by atoms with E-state index in [9.17, 15) is 10.1 Å². The second-order valence-corrected chi connectivity index (χ2v) is 7.41. The maximum atomic E-state index is 12.0. The van der Waals surface area contributed by atoms with E-state index < -0.39 is 5.60 Å². The fraction of sp³-hybridized carbons (Fsp3) is 0.421. The smallest absolute Gasteiger partial charge is 0.410 e. The van der Waals surface area contributed by atoms with Gasteiger partial charge in [-0.25, -0.2) is 4.79 Å². The molecular formula is C19H22N4O2. The van der Waals surface area contributed by atoms with E-state index in [2.05, 4.69) is 11.2 Å². The summed E-state index contributed by atoms with van der Waals surface area (Å²) < 4.78 is 7.23. The number of nitriles is 1. The lowest BCUT2D eigenvalue weighted by Gasteiger charge is -2.39. The van der Waals surface area contributed by atoms with Crippen molar-refractivity contribution in [1.29, 1.82) is 5.26 Å². The predicted molar refractivity (Wildman–Crippen MR) is 94.0 cm³/mol. The van der Waals surface area contributed by atoms with E-state index in [-0.39, 0.29) is 12.1 Å². The highest BCUT2D eigenvalue weighted by Gasteiger charge is 2.35. The van der Waals surface area contributed by atoms with Crippen molar-refractivity contribution in [2.24, 2.45) is 0 Å². The lowest BCUT2D eigenvalue weighted by molar-refractivity contribution is -0.000381. The Labute approximate surface area is 147 Å². The topological polar surface area (TPSA) is 71.2 Å². The summed E-state index contributed by atoms with van der Waals surface area (Å²) in [6, 6.07) is 8.11. The summed E-state index contributed by atoms with van der Waals surface area (Å²) in [4.78, 5) is 13.7. The Morgan fingerprint density at radius 1 is 1.36 bits per heavy atom. The maximum Gasteiger partial charge on any atom is 0.410 e. The number of rotatable bonds is 2. The molecule has 0 aliphatic carbocycles. The molecular weight excluding hydrogens is 316 g/mol. The standard InChI is InChI=1S/C19H22N4O2/c1-13-5-6-14(8-20)17(7-13)15-9-21-23(10-15)16-11-22(12-16)18(24)25-19(2,3)4/h5-7,9-10,16H,11-12H2,1-4H3. The number of aromatic nitrogens is 2. The Balaban J connectivity index is 1.69. The number of hydrogen-bond donors (Lipinski definition) is 0. The van der Waals surface area contributed by atoms with Gasteiger partial charge in [0, 0.05) is 30.4 Å². The molecule has 1 saturated heterocycles. The molecule has 0 unspecified atom stereocenters. The van der Waals surface area contributed by atoms with Gasteiger partial charge in [0.25, 0.3) is 0 Å². The van der Waals surface area contributed by atoms with Crippen molar-refractivity contribution < 1.29 is 9.53 Å². The van der Waals surface area contributed by atoms with Crippen molar-refractivity contribution in [1.82, 2.24) is 14.7 Å². The average Bonchev–Trinajstić information content (AvgIpc) is 2.93. The number of ether oxygens (including phenoxy) is 1. The molecule has 0 saturated carbocycles. The number of amides is 1. The van der Waals surface area contributed by atoms with Crippen LogP contribution in [0.3, 0.4) is 0 Å². The molecule has 1 aromatic heterocycles. The van der Waals surface area contributed by atoms with Crippen molar-refractivity contribution in [2.45, 2.75) is 39.3 Å². The van der Waals surface area contributed by atoms with E-state index >= 15 is 0 Å². The van der Waals surface area contributed by atoms with Gasteiger partial charge in [0.1, 0.15) is 5.60 Å². The predicted octanol–water partition coefficient (Wildman–Crippen LogP) is 3.52. The molecule has 0 bridgehead atoms. The van der Waals surface area contributed by atoms with Gasteiger partial charge < -0.3 is 9.64 Å². The minimum atomic E-state index is -0.486. The van der Waals surface area contributed by atoms with Crippen LogP contribution in [0.25, 0.3) is 11.1 Å². The van der Waals surface area contributed by atoms with Crippen LogP contribution < -0.4 is 0 Å². The molecule has 3 rings (SSSR count). The quantitative estimate of drug-likeness (QED) is 0.840. The number of benzene rings is 1. The number of aryl methyl sites for hydroxylation is 1. The minimum Gasteiger partial charge on any atom is -0.444 e. The molecule has 1 aliphatic heterocycles. The molecule has 1 aliphatic rings. The van der Waals surface area contributed by atoms with Crippen LogP contribution >= 0.6 is 0 Å². The summed E-state index contributed by atoms with van der Waals surface area (Å²) >= 11 is 0. The van der Waals surface area contributed by atoms with Gasteiger partial charge in [-0.3, -0.25) is 4.68 Å². The maximum absolute atomic E-state index is 12.0. The average molecular weight is 338 g/mol. The zero-order valence-corrected chi connectivity index (χ0v) is 15.0. The highest BCUT2D eigenvalue weighted by Crippen LogP contribution is 2.28. The molecule has 6 heteroatoms. The van der Waals surface area contributed by atoms with Crippen molar-refractivity contribution >= 4 is 6.09 Å². The number of likely N-dealkylation sites (tertiary alicyclic amines) is 1. The Hall–Kier alpha value is -2.81. The number of nitrogens with zero attached hydrogens (tertiary/aromatic N) is 4. The van der Waals surface area contributed by atoms with Crippen LogP contribution in [-0.4, -0.2) is 39.5 Å². The zero-order chi connectivity index (χ0) is 18.2. The van der Waals surface area contributed by atoms with Crippen molar-refractivity contribution in [3.63, 3.8) is 0 Å². The van der Waals surface area contributed by atoms with E-state index in [1.807, 2.05) is 56.8 Å². The zero-order valence-electron chi connectivity index (χ0n) is 15.0. The molecule has 2 aromatic rings. The van der Waals surface area contributed by atoms with Gasteiger partial charge >= 0.3 is 6.09 Å². The molecule has 0 atom stereocenters. The Morgan fingerprint density at radius 3 is 2.72 bits per heavy atom. The number of carbonyl (C=O) groups excluding carboxylic acids is 1. The lowest BCUT2D eigenvalue weighted by atomic mass is 10.0. The molecule has 0 N–H and O–H groups in total. The molecule has 0 spiro atoms. The highest BCUT2D eigenvalue weighted by molar-refractivity contribution is 5.70. The minimum absolute atomic E-state index is 0.136. The highest BCUT2D eigenvalue weighted by atomic mass is 16.6. The third-order valence-electron chi connectivity index (χ3n) is 4.10. The molecule has 25 heavy (non-hydrogen) atoms. The summed E-state index contributed by atoms with van der Waals surface area (Å²) in [5, 5.41) is 13.7. The number of carbonyl (C=O) groups is 1. The first-order valence-electron chi connectivity index (χ1n) is 8.30. The fourth-order valence-electron chi connectivity index (χ4n) is 2.77. The van der Waals surface area contributed by atoms with E-state index in [4.69, 9.17) is 4.74 Å². The third-order valence-corrected chi connectivity index (χ3v) is 4.10. The second kappa shape index (κ2) is 6.25. The molecule has 1 amide bonds. The Bertz CT molecular complexity index is 836. The van der Waals surface area contributed by atoms with E-state index in [0.29, 0.717) is 18.7 Å². The van der Waals surface area contributed by atoms with E-state index in [1.54, 1.807) is 11.1 Å². The molecule has 2 heterocycles. The summed E-state index contributed by atoms with van der Waals surface area (Å²) in [6.45, 7) is 8.73. The molecule has 130 valence electrons. The largest absolute Gasteiger partial charge is 0.444 e. The van der Waals surface area contributed by atoms with Gasteiger partial charge in [-0.05, 0) is 39.8 Å². The Kier molecular flexibility index (Phi) is 4.25. The van der Waals surface area contributed by atoms with Crippen LogP contribution in [-0.2, 0) is 4.74 Å².